The molecule has 12 heteroatoms. The zero-order valence-corrected chi connectivity index (χ0v) is 17.0. The minimum absolute atomic E-state index is 0.0955. The van der Waals surface area contributed by atoms with Crippen molar-refractivity contribution in [2.24, 2.45) is 0 Å². The quantitative estimate of drug-likeness (QED) is 0.189. The second-order valence-electron chi connectivity index (χ2n) is 6.97. The number of thiazole rings is 1. The van der Waals surface area contributed by atoms with E-state index in [9.17, 15) is 24.5 Å². The van der Waals surface area contributed by atoms with Gasteiger partial charge in [0, 0.05) is 6.07 Å². The summed E-state index contributed by atoms with van der Waals surface area (Å²) < 4.78 is 2.22. The number of hydrogen-bond donors (Lipinski definition) is 0. The van der Waals surface area contributed by atoms with Crippen LogP contribution in [-0.4, -0.2) is 42.4 Å². The molecule has 32 heavy (non-hydrogen) atoms. The molecular formula is C20H12N6O5S. The number of ketones is 2. The lowest BCUT2D eigenvalue weighted by molar-refractivity contribution is -0.385. The first kappa shape index (κ1) is 19.6. The molecule has 5 rings (SSSR count). The number of Topliss-reactive ketones (excluding diaryl/α,β-unsaturated/α-hetero) is 2. The van der Waals surface area contributed by atoms with Gasteiger partial charge in [-0.05, 0) is 18.2 Å². The van der Waals surface area contributed by atoms with Crippen LogP contribution in [0, 0.1) is 10.1 Å². The molecule has 0 spiro atoms. The third-order valence-electron chi connectivity index (χ3n) is 4.92. The first-order valence-corrected chi connectivity index (χ1v) is 10.2. The van der Waals surface area contributed by atoms with E-state index in [2.05, 4.69) is 15.3 Å². The Labute approximate surface area is 183 Å². The number of benzene rings is 2. The predicted molar refractivity (Wildman–Crippen MR) is 113 cm³/mol. The van der Waals surface area contributed by atoms with Gasteiger partial charge in [-0.25, -0.2) is 9.67 Å². The van der Waals surface area contributed by atoms with Crippen molar-refractivity contribution >= 4 is 50.4 Å². The molecule has 0 fully saturated rings. The SMILES string of the molecule is O=C(Cn1cc(CN2C(=O)C(=O)c3c2cccc3[N+](=O)[O-])nn1)c1nc2ccccc2s1. The number of carbonyl (C=O) groups excluding carboxylic acids is 3. The number of anilines is 1. The number of rotatable bonds is 6. The number of amides is 1. The molecule has 2 aromatic heterocycles. The van der Waals surface area contributed by atoms with E-state index in [-0.39, 0.29) is 30.1 Å². The number of aromatic nitrogens is 4. The van der Waals surface area contributed by atoms with Crippen LogP contribution >= 0.6 is 11.3 Å². The number of hydrogen-bond acceptors (Lipinski definition) is 9. The van der Waals surface area contributed by atoms with Crippen LogP contribution in [0.25, 0.3) is 10.2 Å². The number of nitro benzene ring substituents is 1. The molecule has 1 aliphatic heterocycles. The van der Waals surface area contributed by atoms with E-state index in [0.29, 0.717) is 10.7 Å². The third-order valence-corrected chi connectivity index (χ3v) is 6.00. The molecule has 0 unspecified atom stereocenters. The molecule has 0 saturated heterocycles. The van der Waals surface area contributed by atoms with Gasteiger partial charge in [-0.15, -0.1) is 16.4 Å². The van der Waals surface area contributed by atoms with Crippen LogP contribution in [0.4, 0.5) is 11.4 Å². The van der Waals surface area contributed by atoms with Gasteiger partial charge in [0.2, 0.25) is 5.78 Å². The summed E-state index contributed by atoms with van der Waals surface area (Å²) >= 11 is 1.29. The van der Waals surface area contributed by atoms with Crippen molar-refractivity contribution < 1.29 is 19.3 Å². The molecule has 158 valence electrons. The van der Waals surface area contributed by atoms with Crippen LogP contribution in [0.3, 0.4) is 0 Å². The Bertz CT molecular complexity index is 1410. The summed E-state index contributed by atoms with van der Waals surface area (Å²) in [7, 11) is 0. The van der Waals surface area contributed by atoms with Gasteiger partial charge in [0.05, 0.1) is 33.6 Å². The van der Waals surface area contributed by atoms with Gasteiger partial charge in [-0.1, -0.05) is 23.4 Å². The van der Waals surface area contributed by atoms with Crippen molar-refractivity contribution in [1.29, 1.82) is 0 Å². The van der Waals surface area contributed by atoms with Crippen molar-refractivity contribution in [3.8, 4) is 0 Å². The standard InChI is InChI=1S/C20H12N6O5S/c27-15(19-21-12-4-1-2-7-16(12)32-19)10-24-8-11(22-23-24)9-25-13-5-3-6-14(26(30)31)17(13)18(28)20(25)29/h1-8H,9-10H2. The molecule has 0 atom stereocenters. The molecule has 11 nitrogen and oxygen atoms in total. The second kappa shape index (κ2) is 7.42. The number of carbonyl (C=O) groups is 3. The molecule has 4 aromatic rings. The average Bonchev–Trinajstić information content (AvgIpc) is 3.47. The summed E-state index contributed by atoms with van der Waals surface area (Å²) in [5, 5.41) is 19.5. The highest BCUT2D eigenvalue weighted by atomic mass is 32.1. The van der Waals surface area contributed by atoms with Crippen molar-refractivity contribution in [3.05, 3.63) is 75.0 Å². The predicted octanol–water partition coefficient (Wildman–Crippen LogP) is 2.41. The van der Waals surface area contributed by atoms with Crippen LogP contribution in [0.2, 0.25) is 0 Å². The van der Waals surface area contributed by atoms with E-state index < -0.39 is 22.3 Å². The fourth-order valence-corrected chi connectivity index (χ4v) is 4.39. The fourth-order valence-electron chi connectivity index (χ4n) is 3.49. The van der Waals surface area contributed by atoms with Crippen molar-refractivity contribution in [2.45, 2.75) is 13.1 Å². The smallest absolute Gasteiger partial charge is 0.298 e. The zero-order chi connectivity index (χ0) is 22.4. The highest BCUT2D eigenvalue weighted by Crippen LogP contribution is 2.36. The van der Waals surface area contributed by atoms with Crippen LogP contribution < -0.4 is 4.90 Å². The van der Waals surface area contributed by atoms with E-state index in [4.69, 9.17) is 0 Å². The van der Waals surface area contributed by atoms with Gasteiger partial charge in [0.25, 0.3) is 17.4 Å². The van der Waals surface area contributed by atoms with Crippen molar-refractivity contribution in [2.75, 3.05) is 4.90 Å². The van der Waals surface area contributed by atoms with Gasteiger partial charge in [0.1, 0.15) is 17.8 Å². The third kappa shape index (κ3) is 3.22. The van der Waals surface area contributed by atoms with Crippen molar-refractivity contribution in [1.82, 2.24) is 20.0 Å². The Kier molecular flexibility index (Phi) is 4.56. The number of fused-ring (bicyclic) bond motifs is 2. The molecular weight excluding hydrogens is 436 g/mol. The van der Waals surface area contributed by atoms with E-state index in [0.717, 1.165) is 15.1 Å². The first-order chi connectivity index (χ1) is 15.4. The summed E-state index contributed by atoms with van der Waals surface area (Å²) in [6.07, 6.45) is 1.48. The largest absolute Gasteiger partial charge is 0.300 e. The van der Waals surface area contributed by atoms with Crippen LogP contribution in [-0.2, 0) is 17.9 Å². The molecule has 2 aromatic carbocycles. The highest BCUT2D eigenvalue weighted by molar-refractivity contribution is 7.20. The van der Waals surface area contributed by atoms with Crippen LogP contribution in [0.15, 0.2) is 48.7 Å². The van der Waals surface area contributed by atoms with Gasteiger partial charge in [0.15, 0.2) is 5.01 Å². The summed E-state index contributed by atoms with van der Waals surface area (Å²) in [4.78, 5) is 53.3. The molecule has 3 heterocycles. The van der Waals surface area contributed by atoms with Gasteiger partial charge in [-0.3, -0.25) is 29.4 Å². The average molecular weight is 448 g/mol. The molecule has 1 amide bonds. The Morgan fingerprint density at radius 2 is 1.94 bits per heavy atom. The normalized spacial score (nSPS) is 13.1. The summed E-state index contributed by atoms with van der Waals surface area (Å²) in [6.45, 7) is -0.212. The minimum Gasteiger partial charge on any atom is -0.298 e. The van der Waals surface area contributed by atoms with E-state index in [1.807, 2.05) is 24.3 Å². The summed E-state index contributed by atoms with van der Waals surface area (Å²) in [5.41, 5.74) is 0.552. The minimum atomic E-state index is -0.939. The van der Waals surface area contributed by atoms with E-state index >= 15 is 0 Å². The Morgan fingerprint density at radius 3 is 2.72 bits per heavy atom. The van der Waals surface area contributed by atoms with Crippen LogP contribution in [0.1, 0.15) is 25.9 Å². The van der Waals surface area contributed by atoms with Gasteiger partial charge in [-0.2, -0.15) is 0 Å². The first-order valence-electron chi connectivity index (χ1n) is 9.34. The Hall–Kier alpha value is -4.32. The lowest BCUT2D eigenvalue weighted by Crippen LogP contribution is -2.29. The molecule has 0 bridgehead atoms. The summed E-state index contributed by atoms with van der Waals surface area (Å²) in [5.74, 6) is -2.06. The highest BCUT2D eigenvalue weighted by Gasteiger charge is 2.41. The lowest BCUT2D eigenvalue weighted by Gasteiger charge is -2.14. The maximum Gasteiger partial charge on any atom is 0.300 e. The zero-order valence-electron chi connectivity index (χ0n) is 16.2. The summed E-state index contributed by atoms with van der Waals surface area (Å²) in [6, 6.07) is 11.5. The number of nitro groups is 1. The van der Waals surface area contributed by atoms with E-state index in [1.165, 1.54) is 40.4 Å². The Morgan fingerprint density at radius 1 is 1.12 bits per heavy atom. The van der Waals surface area contributed by atoms with E-state index in [1.54, 1.807) is 0 Å². The van der Waals surface area contributed by atoms with Gasteiger partial charge >= 0.3 is 0 Å². The van der Waals surface area contributed by atoms with Crippen molar-refractivity contribution in [3.63, 3.8) is 0 Å². The second-order valence-corrected chi connectivity index (χ2v) is 8.00. The Balaban J connectivity index is 1.35. The maximum absolute atomic E-state index is 12.6. The molecule has 0 saturated carbocycles. The topological polar surface area (TPSA) is 141 Å². The monoisotopic (exact) mass is 448 g/mol. The number of para-hydroxylation sites is 1. The molecule has 1 aliphatic rings. The molecule has 0 N–H and O–H groups in total. The molecule has 0 aliphatic carbocycles. The lowest BCUT2D eigenvalue weighted by atomic mass is 10.1. The maximum atomic E-state index is 12.6. The molecule has 0 radical (unpaired) electrons. The van der Waals surface area contributed by atoms with Gasteiger partial charge < -0.3 is 0 Å². The fraction of sp³-hybridized carbons (Fsp3) is 0.100. The van der Waals surface area contributed by atoms with Crippen LogP contribution in [0.5, 0.6) is 0 Å². The number of nitrogens with zero attached hydrogens (tertiary/aromatic N) is 6.